The molecule has 0 radical (unpaired) electrons. The molecular formula is C9H12Cl2N4. The zero-order valence-corrected chi connectivity index (χ0v) is 9.57. The molecule has 1 aliphatic rings. The Morgan fingerprint density at radius 1 is 1.40 bits per heavy atom. The van der Waals surface area contributed by atoms with E-state index in [-0.39, 0.29) is 6.04 Å². The predicted molar refractivity (Wildman–Crippen MR) is 61.1 cm³/mol. The molecule has 1 fully saturated rings. The maximum atomic E-state index is 8.34. The van der Waals surface area contributed by atoms with Gasteiger partial charge in [-0.15, -0.1) is 0 Å². The van der Waals surface area contributed by atoms with Crippen LogP contribution in [0.25, 0.3) is 0 Å². The van der Waals surface area contributed by atoms with Crippen molar-refractivity contribution in [2.75, 3.05) is 19.6 Å². The summed E-state index contributed by atoms with van der Waals surface area (Å²) in [5, 5.41) is 15.7. The average Bonchev–Trinajstić information content (AvgIpc) is 2.65. The number of hydrogen-bond donors (Lipinski definition) is 3. The van der Waals surface area contributed by atoms with Crippen LogP contribution in [0.5, 0.6) is 0 Å². The maximum absolute atomic E-state index is 8.34. The summed E-state index contributed by atoms with van der Waals surface area (Å²) in [6.45, 7) is 2.69. The van der Waals surface area contributed by atoms with Crippen molar-refractivity contribution in [3.63, 3.8) is 0 Å². The summed E-state index contributed by atoms with van der Waals surface area (Å²) < 4.78 is 0. The molecule has 1 aromatic rings. The van der Waals surface area contributed by atoms with E-state index in [1.54, 1.807) is 12.3 Å². The van der Waals surface area contributed by atoms with Crippen molar-refractivity contribution in [2.45, 2.75) is 6.04 Å². The second-order valence-corrected chi connectivity index (χ2v) is 3.85. The van der Waals surface area contributed by atoms with Crippen LogP contribution in [0.3, 0.4) is 0 Å². The van der Waals surface area contributed by atoms with E-state index in [2.05, 4.69) is 21.7 Å². The topological polar surface area (TPSA) is 63.6 Å². The van der Waals surface area contributed by atoms with Crippen LogP contribution in [0.2, 0.25) is 10.2 Å². The second-order valence-electron chi connectivity index (χ2n) is 3.01. The molecule has 2 heterocycles. The summed E-state index contributed by atoms with van der Waals surface area (Å²) in [5.41, 5.74) is 0. The molecule has 82 valence electrons. The summed E-state index contributed by atoms with van der Waals surface area (Å²) in [6, 6.07) is 3.80. The van der Waals surface area contributed by atoms with Crippen molar-refractivity contribution in [3.05, 3.63) is 22.4 Å². The fraction of sp³-hybridized carbons (Fsp3) is 0.444. The third-order valence-electron chi connectivity index (χ3n) is 1.81. The highest BCUT2D eigenvalue weighted by Crippen LogP contribution is 2.12. The molecule has 6 heteroatoms. The first-order valence-corrected chi connectivity index (χ1v) is 5.31. The van der Waals surface area contributed by atoms with Crippen molar-refractivity contribution < 1.29 is 0 Å². The minimum atomic E-state index is 0.0312. The van der Waals surface area contributed by atoms with Gasteiger partial charge < -0.3 is 10.3 Å². The third kappa shape index (κ3) is 5.05. The Kier molecular flexibility index (Phi) is 5.51. The van der Waals surface area contributed by atoms with Gasteiger partial charge in [0.2, 0.25) is 0 Å². The first-order chi connectivity index (χ1) is 7.22. The Morgan fingerprint density at radius 3 is 2.47 bits per heavy atom. The summed E-state index contributed by atoms with van der Waals surface area (Å²) in [7, 11) is 0. The molecular weight excluding hydrogens is 235 g/mol. The van der Waals surface area contributed by atoms with Crippen LogP contribution in [0.4, 0.5) is 0 Å². The number of hydrogen-bond acceptors (Lipinski definition) is 3. The summed E-state index contributed by atoms with van der Waals surface area (Å²) in [4.78, 5) is 2.70. The number of rotatable bonds is 0. The molecule has 15 heavy (non-hydrogen) atoms. The van der Waals surface area contributed by atoms with E-state index >= 15 is 0 Å². The lowest BCUT2D eigenvalue weighted by Crippen LogP contribution is -2.47. The van der Waals surface area contributed by atoms with Crippen molar-refractivity contribution >= 4 is 23.2 Å². The highest BCUT2D eigenvalue weighted by atomic mass is 35.5. The van der Waals surface area contributed by atoms with Gasteiger partial charge in [-0.05, 0) is 6.07 Å². The largest absolute Gasteiger partial charge is 0.351 e. The van der Waals surface area contributed by atoms with Crippen LogP contribution in [0, 0.1) is 11.3 Å². The quantitative estimate of drug-likeness (QED) is 0.649. The van der Waals surface area contributed by atoms with Crippen LogP contribution < -0.4 is 10.6 Å². The summed E-state index contributed by atoms with van der Waals surface area (Å²) in [5.74, 6) is 0. The Bertz CT molecular complexity index is 309. The van der Waals surface area contributed by atoms with Gasteiger partial charge in [0.15, 0.2) is 0 Å². The van der Waals surface area contributed by atoms with Gasteiger partial charge in [0.05, 0.1) is 11.1 Å². The van der Waals surface area contributed by atoms with Gasteiger partial charge >= 0.3 is 0 Å². The fourth-order valence-electron chi connectivity index (χ4n) is 1.09. The van der Waals surface area contributed by atoms with Crippen LogP contribution in [-0.4, -0.2) is 30.7 Å². The lowest BCUT2D eigenvalue weighted by molar-refractivity contribution is 0.477. The van der Waals surface area contributed by atoms with E-state index in [1.807, 2.05) is 0 Å². The van der Waals surface area contributed by atoms with E-state index in [9.17, 15) is 0 Å². The third-order valence-corrected chi connectivity index (χ3v) is 2.25. The first kappa shape index (κ1) is 12.3. The van der Waals surface area contributed by atoms with Crippen molar-refractivity contribution in [2.24, 2.45) is 0 Å². The SMILES string of the molecule is Clc1c[nH]c(Cl)c1.N#CC1CNCCN1. The summed E-state index contributed by atoms with van der Waals surface area (Å²) >= 11 is 10.9. The number of piperazine rings is 1. The predicted octanol–water partition coefficient (Wildman–Crippen LogP) is 1.39. The van der Waals surface area contributed by atoms with E-state index in [0.717, 1.165) is 19.6 Å². The molecule has 3 N–H and O–H groups in total. The van der Waals surface area contributed by atoms with Gasteiger partial charge in [0.1, 0.15) is 11.2 Å². The molecule has 0 bridgehead atoms. The zero-order chi connectivity index (χ0) is 11.1. The molecule has 1 atom stereocenters. The Balaban J connectivity index is 0.000000151. The van der Waals surface area contributed by atoms with Gasteiger partial charge in [-0.3, -0.25) is 5.32 Å². The molecule has 2 rings (SSSR count). The van der Waals surface area contributed by atoms with E-state index in [0.29, 0.717) is 10.2 Å². The number of nitrogens with one attached hydrogen (secondary N) is 3. The van der Waals surface area contributed by atoms with Crippen molar-refractivity contribution in [1.29, 1.82) is 5.26 Å². The van der Waals surface area contributed by atoms with Crippen LogP contribution in [0.15, 0.2) is 12.3 Å². The van der Waals surface area contributed by atoms with E-state index in [1.165, 1.54) is 0 Å². The number of aromatic amines is 1. The number of nitriles is 1. The van der Waals surface area contributed by atoms with Gasteiger partial charge in [-0.1, -0.05) is 23.2 Å². The van der Waals surface area contributed by atoms with Crippen LogP contribution >= 0.6 is 23.2 Å². The van der Waals surface area contributed by atoms with Crippen LogP contribution in [-0.2, 0) is 0 Å². The summed E-state index contributed by atoms with van der Waals surface area (Å²) in [6.07, 6.45) is 1.63. The molecule has 0 aliphatic carbocycles. The molecule has 0 aromatic carbocycles. The van der Waals surface area contributed by atoms with Gasteiger partial charge in [0, 0.05) is 25.8 Å². The van der Waals surface area contributed by atoms with Gasteiger partial charge in [0.25, 0.3) is 0 Å². The van der Waals surface area contributed by atoms with Crippen molar-refractivity contribution in [1.82, 2.24) is 15.6 Å². The molecule has 1 aliphatic heterocycles. The second kappa shape index (κ2) is 6.70. The van der Waals surface area contributed by atoms with Gasteiger partial charge in [-0.25, -0.2) is 0 Å². The number of halogens is 2. The fourth-order valence-corrected chi connectivity index (χ4v) is 1.48. The molecule has 0 amide bonds. The Hall–Kier alpha value is -0.730. The highest BCUT2D eigenvalue weighted by Gasteiger charge is 2.08. The van der Waals surface area contributed by atoms with Gasteiger partial charge in [-0.2, -0.15) is 5.26 Å². The molecule has 1 aromatic heterocycles. The normalized spacial score (nSPS) is 19.9. The Morgan fingerprint density at radius 2 is 2.20 bits per heavy atom. The Labute approximate surface area is 98.6 Å². The maximum Gasteiger partial charge on any atom is 0.108 e. The first-order valence-electron chi connectivity index (χ1n) is 4.55. The minimum absolute atomic E-state index is 0.0312. The number of aromatic nitrogens is 1. The average molecular weight is 247 g/mol. The molecule has 1 unspecified atom stereocenters. The highest BCUT2D eigenvalue weighted by molar-refractivity contribution is 6.34. The van der Waals surface area contributed by atoms with Crippen LogP contribution in [0.1, 0.15) is 0 Å². The lowest BCUT2D eigenvalue weighted by atomic mass is 10.3. The van der Waals surface area contributed by atoms with E-state index < -0.39 is 0 Å². The molecule has 1 saturated heterocycles. The zero-order valence-electron chi connectivity index (χ0n) is 8.06. The smallest absolute Gasteiger partial charge is 0.108 e. The van der Waals surface area contributed by atoms with Crippen molar-refractivity contribution in [3.8, 4) is 6.07 Å². The lowest BCUT2D eigenvalue weighted by Gasteiger charge is -2.17. The van der Waals surface area contributed by atoms with E-state index in [4.69, 9.17) is 28.5 Å². The molecule has 4 nitrogen and oxygen atoms in total. The standard InChI is InChI=1S/C5H9N3.C4H3Cl2N/c6-3-5-4-7-1-2-8-5;5-3-1-4(6)7-2-3/h5,7-8H,1-2,4H2;1-2,7H. The minimum Gasteiger partial charge on any atom is -0.351 e. The number of H-pyrrole nitrogens is 1. The monoisotopic (exact) mass is 246 g/mol. The molecule has 0 saturated carbocycles. The molecule has 0 spiro atoms. The number of nitrogens with zero attached hydrogens (tertiary/aromatic N) is 1.